The first-order valence-corrected chi connectivity index (χ1v) is 9.05. The summed E-state index contributed by atoms with van der Waals surface area (Å²) in [7, 11) is 0. The van der Waals surface area contributed by atoms with Gasteiger partial charge in [0.25, 0.3) is 0 Å². The Balaban J connectivity index is 2.30. The second-order valence-corrected chi connectivity index (χ2v) is 8.18. The van der Waals surface area contributed by atoms with Crippen molar-refractivity contribution >= 4 is 29.6 Å². The molecule has 1 aliphatic heterocycles. The van der Waals surface area contributed by atoms with Gasteiger partial charge in [0.1, 0.15) is 11.6 Å². The molecule has 0 spiro atoms. The number of amides is 2. The minimum atomic E-state index is -1.36. The standard InChI is InChI=1S/C19H25ClN2O5/c1-12(23)27-15-9-19(18(2,3)4,22(11-15)17(25)26)16(24)21-10-13-5-7-14(20)8-6-13/h5-8,15H,9-11H2,1-4H3,(H,21,24)(H,25,26)/t15-,19+/m1/s1. The Morgan fingerprint density at radius 3 is 2.37 bits per heavy atom. The van der Waals surface area contributed by atoms with Gasteiger partial charge in [0.2, 0.25) is 5.91 Å². The van der Waals surface area contributed by atoms with Crippen molar-refractivity contribution in [3.63, 3.8) is 0 Å². The molecule has 0 aliphatic carbocycles. The number of benzene rings is 1. The summed E-state index contributed by atoms with van der Waals surface area (Å²) in [4.78, 5) is 37.6. The molecule has 1 heterocycles. The molecule has 8 heteroatoms. The van der Waals surface area contributed by atoms with Crippen LogP contribution >= 0.6 is 11.6 Å². The van der Waals surface area contributed by atoms with Crippen molar-refractivity contribution < 1.29 is 24.2 Å². The average molecular weight is 397 g/mol. The number of rotatable bonds is 4. The van der Waals surface area contributed by atoms with Crippen LogP contribution in [0.4, 0.5) is 4.79 Å². The highest BCUT2D eigenvalue weighted by Crippen LogP contribution is 2.45. The van der Waals surface area contributed by atoms with Gasteiger partial charge in [-0.25, -0.2) is 4.79 Å². The molecule has 148 valence electrons. The van der Waals surface area contributed by atoms with Crippen LogP contribution in [-0.4, -0.2) is 46.2 Å². The molecule has 1 aromatic rings. The Labute approximate surface area is 163 Å². The molecular formula is C19H25ClN2O5. The van der Waals surface area contributed by atoms with E-state index in [-0.39, 0.29) is 19.5 Å². The normalized spacial score (nSPS) is 22.4. The third-order valence-electron chi connectivity index (χ3n) is 4.92. The molecule has 1 aromatic carbocycles. The van der Waals surface area contributed by atoms with Crippen molar-refractivity contribution in [3.8, 4) is 0 Å². The van der Waals surface area contributed by atoms with E-state index in [1.54, 1.807) is 45.0 Å². The summed E-state index contributed by atoms with van der Waals surface area (Å²) >= 11 is 5.87. The van der Waals surface area contributed by atoms with E-state index in [0.29, 0.717) is 5.02 Å². The van der Waals surface area contributed by atoms with Gasteiger partial charge in [-0.15, -0.1) is 0 Å². The highest BCUT2D eigenvalue weighted by Gasteiger charge is 2.60. The zero-order valence-electron chi connectivity index (χ0n) is 15.9. The SMILES string of the molecule is CC(=O)O[C@H]1CN(C(=O)O)[C@@](C(=O)NCc2ccc(Cl)cc2)(C(C)(C)C)C1. The lowest BCUT2D eigenvalue weighted by molar-refractivity contribution is -0.146. The van der Waals surface area contributed by atoms with Gasteiger partial charge in [-0.2, -0.15) is 0 Å². The van der Waals surface area contributed by atoms with Crippen LogP contribution in [0.3, 0.4) is 0 Å². The molecule has 27 heavy (non-hydrogen) atoms. The van der Waals surface area contributed by atoms with Gasteiger partial charge < -0.3 is 15.2 Å². The van der Waals surface area contributed by atoms with E-state index >= 15 is 0 Å². The van der Waals surface area contributed by atoms with Crippen molar-refractivity contribution in [2.24, 2.45) is 5.41 Å². The molecule has 0 saturated carbocycles. The van der Waals surface area contributed by atoms with E-state index in [2.05, 4.69) is 5.32 Å². The van der Waals surface area contributed by atoms with Crippen LogP contribution < -0.4 is 5.32 Å². The van der Waals surface area contributed by atoms with E-state index in [9.17, 15) is 19.5 Å². The lowest BCUT2D eigenvalue weighted by Crippen LogP contribution is -2.63. The van der Waals surface area contributed by atoms with Gasteiger partial charge in [0, 0.05) is 24.9 Å². The van der Waals surface area contributed by atoms with E-state index < -0.39 is 35.0 Å². The van der Waals surface area contributed by atoms with E-state index in [4.69, 9.17) is 16.3 Å². The van der Waals surface area contributed by atoms with Gasteiger partial charge in [-0.3, -0.25) is 14.5 Å². The van der Waals surface area contributed by atoms with Crippen LogP contribution in [0.1, 0.15) is 39.7 Å². The molecule has 2 atom stereocenters. The third-order valence-corrected chi connectivity index (χ3v) is 5.17. The zero-order chi connectivity index (χ0) is 20.4. The number of hydrogen-bond acceptors (Lipinski definition) is 4. The van der Waals surface area contributed by atoms with Crippen LogP contribution in [0.2, 0.25) is 5.02 Å². The number of esters is 1. The molecule has 0 bridgehead atoms. The first-order chi connectivity index (χ1) is 12.5. The largest absolute Gasteiger partial charge is 0.465 e. The van der Waals surface area contributed by atoms with Gasteiger partial charge in [0.15, 0.2) is 0 Å². The Morgan fingerprint density at radius 2 is 1.89 bits per heavy atom. The number of ether oxygens (including phenoxy) is 1. The summed E-state index contributed by atoms with van der Waals surface area (Å²) in [5.74, 6) is -0.918. The van der Waals surface area contributed by atoms with Crippen molar-refractivity contribution in [3.05, 3.63) is 34.9 Å². The third kappa shape index (κ3) is 4.35. The van der Waals surface area contributed by atoms with Crippen molar-refractivity contribution in [2.45, 2.75) is 52.3 Å². The molecule has 0 aromatic heterocycles. The minimum Gasteiger partial charge on any atom is -0.465 e. The first-order valence-electron chi connectivity index (χ1n) is 8.68. The minimum absolute atomic E-state index is 0.0411. The predicted octanol–water partition coefficient (Wildman–Crippen LogP) is 3.06. The van der Waals surface area contributed by atoms with E-state index in [0.717, 1.165) is 10.5 Å². The quantitative estimate of drug-likeness (QED) is 0.762. The lowest BCUT2D eigenvalue weighted by atomic mass is 9.70. The van der Waals surface area contributed by atoms with Crippen LogP contribution in [-0.2, 0) is 20.9 Å². The Kier molecular flexibility index (Phi) is 6.04. The average Bonchev–Trinajstić information content (AvgIpc) is 2.94. The summed E-state index contributed by atoms with van der Waals surface area (Å²) in [6.07, 6.45) is -1.78. The van der Waals surface area contributed by atoms with Crippen molar-refractivity contribution in [1.82, 2.24) is 10.2 Å². The Morgan fingerprint density at radius 1 is 1.30 bits per heavy atom. The van der Waals surface area contributed by atoms with E-state index in [1.165, 1.54) is 6.92 Å². The lowest BCUT2D eigenvalue weighted by Gasteiger charge is -2.45. The molecule has 2 N–H and O–H groups in total. The number of carbonyl (C=O) groups excluding carboxylic acids is 2. The molecule has 2 amide bonds. The van der Waals surface area contributed by atoms with Crippen molar-refractivity contribution in [1.29, 1.82) is 0 Å². The number of carboxylic acid groups (broad SMARTS) is 1. The summed E-state index contributed by atoms with van der Waals surface area (Å²) in [5, 5.41) is 13.1. The van der Waals surface area contributed by atoms with E-state index in [1.807, 2.05) is 0 Å². The first kappa shape index (κ1) is 21.0. The molecule has 7 nitrogen and oxygen atoms in total. The molecule has 2 rings (SSSR count). The second-order valence-electron chi connectivity index (χ2n) is 7.75. The van der Waals surface area contributed by atoms with Gasteiger partial charge >= 0.3 is 12.1 Å². The topological polar surface area (TPSA) is 95.9 Å². The number of carbonyl (C=O) groups is 3. The van der Waals surface area contributed by atoms with Gasteiger partial charge in [-0.1, -0.05) is 44.5 Å². The number of likely N-dealkylation sites (tertiary alicyclic amines) is 1. The number of nitrogens with zero attached hydrogens (tertiary/aromatic N) is 1. The molecular weight excluding hydrogens is 372 g/mol. The fourth-order valence-corrected chi connectivity index (χ4v) is 3.74. The fraction of sp³-hybridized carbons (Fsp3) is 0.526. The highest BCUT2D eigenvalue weighted by atomic mass is 35.5. The number of halogens is 1. The fourth-order valence-electron chi connectivity index (χ4n) is 3.62. The maximum absolute atomic E-state index is 13.2. The monoisotopic (exact) mass is 396 g/mol. The molecule has 0 unspecified atom stereocenters. The van der Waals surface area contributed by atoms with Gasteiger partial charge in [-0.05, 0) is 23.1 Å². The smallest absolute Gasteiger partial charge is 0.408 e. The zero-order valence-corrected chi connectivity index (χ0v) is 16.7. The maximum Gasteiger partial charge on any atom is 0.408 e. The van der Waals surface area contributed by atoms with Gasteiger partial charge in [0.05, 0.1) is 6.54 Å². The molecule has 1 fully saturated rings. The summed E-state index contributed by atoms with van der Waals surface area (Å²) < 4.78 is 5.23. The number of nitrogens with one attached hydrogen (secondary N) is 1. The summed E-state index contributed by atoms with van der Waals surface area (Å²) in [6.45, 7) is 6.88. The summed E-state index contributed by atoms with van der Waals surface area (Å²) in [5.41, 5.74) is -1.23. The van der Waals surface area contributed by atoms with Crippen molar-refractivity contribution in [2.75, 3.05) is 6.54 Å². The van der Waals surface area contributed by atoms with Crippen LogP contribution in [0.25, 0.3) is 0 Å². The highest BCUT2D eigenvalue weighted by molar-refractivity contribution is 6.30. The van der Waals surface area contributed by atoms with Crippen LogP contribution in [0.15, 0.2) is 24.3 Å². The Hall–Kier alpha value is -2.28. The summed E-state index contributed by atoms with van der Waals surface area (Å²) in [6, 6.07) is 7.02. The Bertz CT molecular complexity index is 729. The van der Waals surface area contributed by atoms with Crippen LogP contribution in [0, 0.1) is 5.41 Å². The number of hydrogen-bond donors (Lipinski definition) is 2. The molecule has 1 saturated heterocycles. The molecule has 1 aliphatic rings. The predicted molar refractivity (Wildman–Crippen MR) is 100 cm³/mol. The van der Waals surface area contributed by atoms with Crippen LogP contribution in [0.5, 0.6) is 0 Å². The maximum atomic E-state index is 13.2. The molecule has 0 radical (unpaired) electrons. The second kappa shape index (κ2) is 7.76.